The minimum atomic E-state index is -0.988. The van der Waals surface area contributed by atoms with Gasteiger partial charge in [-0.25, -0.2) is 4.79 Å². The number of ether oxygens (including phenoxy) is 4. The lowest BCUT2D eigenvalue weighted by molar-refractivity contribution is 0.0695. The zero-order valence-corrected chi connectivity index (χ0v) is 31.5. The number of fused-ring (bicyclic) bond motifs is 4. The number of carboxylic acid groups (broad SMARTS) is 1. The number of nitrogen functional groups attached to an aromatic ring is 1. The quantitative estimate of drug-likeness (QED) is 0.103. The van der Waals surface area contributed by atoms with Crippen LogP contribution < -0.4 is 24.7 Å². The lowest BCUT2D eigenvalue weighted by atomic mass is 10.0. The molecule has 13 heteroatoms. The Morgan fingerprint density at radius 2 is 1.14 bits per heavy atom. The van der Waals surface area contributed by atoms with E-state index in [0.717, 1.165) is 41.5 Å². The molecule has 0 saturated heterocycles. The van der Waals surface area contributed by atoms with Crippen molar-refractivity contribution in [3.8, 4) is 23.0 Å². The number of nitrogens with two attached hydrogens (primary N) is 1. The summed E-state index contributed by atoms with van der Waals surface area (Å²) in [5.41, 5.74) is 12.5. The second kappa shape index (κ2) is 15.7. The SMILES string of the molecule is COc1cc2c(cc1OCCCCCOc1cc3c(cc1OC)C(=O)N1C=C(c4ccc(C(=O)O)cc4)CC1C=N3)N=CC1CC(c3ccc(N)cc3)=CN1C2=O. The molecule has 2 unspecified atom stereocenters. The molecule has 0 aliphatic carbocycles. The molecule has 4 aliphatic heterocycles. The van der Waals surface area contributed by atoms with Crippen LogP contribution in [0.3, 0.4) is 0 Å². The van der Waals surface area contributed by atoms with Gasteiger partial charge >= 0.3 is 5.97 Å². The lowest BCUT2D eigenvalue weighted by Crippen LogP contribution is -2.32. The van der Waals surface area contributed by atoms with E-state index in [0.29, 0.717) is 77.2 Å². The summed E-state index contributed by atoms with van der Waals surface area (Å²) in [5.74, 6) is 0.560. The number of amides is 2. The second-order valence-electron chi connectivity index (χ2n) is 14.1. The van der Waals surface area contributed by atoms with Gasteiger partial charge in [-0.05, 0) is 77.9 Å². The molecule has 4 aromatic carbocycles. The Hall–Kier alpha value is -6.89. The third kappa shape index (κ3) is 7.43. The Bertz CT molecular complexity index is 2370. The number of carbonyl (C=O) groups is 3. The summed E-state index contributed by atoms with van der Waals surface area (Å²) in [7, 11) is 3.08. The zero-order valence-electron chi connectivity index (χ0n) is 31.5. The first-order chi connectivity index (χ1) is 27.7. The monoisotopic (exact) mass is 767 g/mol. The van der Waals surface area contributed by atoms with Crippen molar-refractivity contribution in [2.75, 3.05) is 33.2 Å². The van der Waals surface area contributed by atoms with Crippen LogP contribution in [-0.4, -0.2) is 84.6 Å². The fourth-order valence-corrected chi connectivity index (χ4v) is 7.41. The fourth-order valence-electron chi connectivity index (χ4n) is 7.41. The van der Waals surface area contributed by atoms with E-state index in [1.165, 1.54) is 7.11 Å². The van der Waals surface area contributed by atoms with Gasteiger partial charge in [-0.15, -0.1) is 0 Å². The highest BCUT2D eigenvalue weighted by atomic mass is 16.5. The van der Waals surface area contributed by atoms with E-state index in [9.17, 15) is 19.5 Å². The molecule has 4 aliphatic rings. The van der Waals surface area contributed by atoms with Crippen molar-refractivity contribution in [1.82, 2.24) is 9.80 Å². The second-order valence-corrected chi connectivity index (χ2v) is 14.1. The molecule has 0 bridgehead atoms. The van der Waals surface area contributed by atoms with Crippen molar-refractivity contribution in [2.24, 2.45) is 9.98 Å². The summed E-state index contributed by atoms with van der Waals surface area (Å²) in [5, 5.41) is 9.23. The van der Waals surface area contributed by atoms with Crippen molar-refractivity contribution in [3.05, 3.63) is 113 Å². The highest BCUT2D eigenvalue weighted by Crippen LogP contribution is 2.42. The molecule has 4 aromatic rings. The number of rotatable bonds is 13. The average Bonchev–Trinajstić information content (AvgIpc) is 3.80. The largest absolute Gasteiger partial charge is 0.493 e. The van der Waals surface area contributed by atoms with Crippen molar-refractivity contribution in [1.29, 1.82) is 0 Å². The maximum absolute atomic E-state index is 13.7. The van der Waals surface area contributed by atoms with E-state index in [-0.39, 0.29) is 29.5 Å². The van der Waals surface area contributed by atoms with Crippen molar-refractivity contribution < 1.29 is 38.4 Å². The molecule has 8 rings (SSSR count). The molecule has 0 radical (unpaired) electrons. The van der Waals surface area contributed by atoms with Gasteiger partial charge in [0.15, 0.2) is 23.0 Å². The van der Waals surface area contributed by atoms with Gasteiger partial charge in [-0.1, -0.05) is 24.3 Å². The molecule has 13 nitrogen and oxygen atoms in total. The van der Waals surface area contributed by atoms with E-state index in [4.69, 9.17) is 29.7 Å². The van der Waals surface area contributed by atoms with Gasteiger partial charge < -0.3 is 39.6 Å². The predicted octanol–water partition coefficient (Wildman–Crippen LogP) is 7.56. The van der Waals surface area contributed by atoms with Crippen molar-refractivity contribution >= 4 is 58.4 Å². The number of aromatic carboxylic acids is 1. The Labute approximate surface area is 329 Å². The highest BCUT2D eigenvalue weighted by molar-refractivity contribution is 6.06. The third-order valence-corrected chi connectivity index (χ3v) is 10.5. The van der Waals surface area contributed by atoms with Gasteiger partial charge in [0.2, 0.25) is 0 Å². The number of anilines is 1. The smallest absolute Gasteiger partial charge is 0.335 e. The normalized spacial score (nSPS) is 17.8. The fraction of sp³-hybridized carbons (Fsp3) is 0.250. The lowest BCUT2D eigenvalue weighted by Gasteiger charge is -2.19. The van der Waals surface area contributed by atoms with Crippen molar-refractivity contribution in [3.63, 3.8) is 0 Å². The van der Waals surface area contributed by atoms with Crippen LogP contribution >= 0.6 is 0 Å². The summed E-state index contributed by atoms with van der Waals surface area (Å²) in [6.07, 6.45) is 10.8. The molecule has 0 saturated carbocycles. The number of carboxylic acids is 1. The number of benzene rings is 4. The van der Waals surface area contributed by atoms with E-state index >= 15 is 0 Å². The first-order valence-electron chi connectivity index (χ1n) is 18.7. The van der Waals surface area contributed by atoms with Crippen LogP contribution in [0.25, 0.3) is 11.1 Å². The molecule has 57 heavy (non-hydrogen) atoms. The average molecular weight is 768 g/mol. The van der Waals surface area contributed by atoms with Crippen LogP contribution in [0.4, 0.5) is 17.1 Å². The number of aliphatic imine (C=N–C) groups is 2. The molecule has 0 aromatic heterocycles. The minimum Gasteiger partial charge on any atom is -0.493 e. The van der Waals surface area contributed by atoms with Gasteiger partial charge in [0, 0.05) is 55.5 Å². The van der Waals surface area contributed by atoms with Crippen LogP contribution in [-0.2, 0) is 0 Å². The third-order valence-electron chi connectivity index (χ3n) is 10.5. The molecule has 3 N–H and O–H groups in total. The van der Waals surface area contributed by atoms with E-state index in [1.54, 1.807) is 71.7 Å². The van der Waals surface area contributed by atoms with Crippen LogP contribution in [0.5, 0.6) is 23.0 Å². The standard InChI is InChI=1S/C44H41N5O8/c1-54-38-18-34-36(46-22-32-16-29(24-48(32)42(34)50)26-6-8-28(9-7-26)44(52)53)20-40(38)56-14-4-3-5-15-57-41-21-37-35(19-39(41)55-2)43(51)49-25-30(17-33(49)23-47-37)27-10-12-31(45)13-11-27/h6-13,18-25,32-33H,3-5,14-17,45H2,1-2H3,(H,52,53). The zero-order chi connectivity index (χ0) is 39.6. The van der Waals surface area contributed by atoms with Gasteiger partial charge in [-0.2, -0.15) is 0 Å². The van der Waals surface area contributed by atoms with E-state index in [2.05, 4.69) is 4.99 Å². The van der Waals surface area contributed by atoms with Gasteiger partial charge in [0.25, 0.3) is 11.8 Å². The van der Waals surface area contributed by atoms with Gasteiger partial charge in [-0.3, -0.25) is 19.6 Å². The number of methoxy groups -OCH3 is 2. The Morgan fingerprint density at radius 3 is 1.58 bits per heavy atom. The predicted molar refractivity (Wildman–Crippen MR) is 216 cm³/mol. The maximum atomic E-state index is 13.7. The van der Waals surface area contributed by atoms with Crippen LogP contribution in [0, 0.1) is 0 Å². The van der Waals surface area contributed by atoms with Gasteiger partial charge in [0.05, 0.1) is 67.6 Å². The summed E-state index contributed by atoms with van der Waals surface area (Å²) >= 11 is 0. The first-order valence-corrected chi connectivity index (χ1v) is 18.7. The number of nitrogens with zero attached hydrogens (tertiary/aromatic N) is 4. The molecular formula is C44H41N5O8. The van der Waals surface area contributed by atoms with Crippen molar-refractivity contribution in [2.45, 2.75) is 44.2 Å². The number of hydrogen-bond acceptors (Lipinski definition) is 10. The Morgan fingerprint density at radius 1 is 0.684 bits per heavy atom. The number of hydrogen-bond donors (Lipinski definition) is 2. The molecule has 290 valence electrons. The maximum Gasteiger partial charge on any atom is 0.335 e. The molecular weight excluding hydrogens is 727 g/mol. The number of carbonyl (C=O) groups excluding carboxylic acids is 2. The molecule has 0 spiro atoms. The molecule has 4 heterocycles. The minimum absolute atomic E-state index is 0.151. The summed E-state index contributed by atoms with van der Waals surface area (Å²) < 4.78 is 23.5. The van der Waals surface area contributed by atoms with E-state index < -0.39 is 5.97 Å². The Kier molecular flexibility index (Phi) is 10.2. The Balaban J connectivity index is 0.849. The van der Waals surface area contributed by atoms with Crippen LogP contribution in [0.2, 0.25) is 0 Å². The molecule has 2 amide bonds. The van der Waals surface area contributed by atoms with Crippen LogP contribution in [0.15, 0.2) is 95.2 Å². The first kappa shape index (κ1) is 37.1. The van der Waals surface area contributed by atoms with Gasteiger partial charge in [0.1, 0.15) is 0 Å². The summed E-state index contributed by atoms with van der Waals surface area (Å²) in [6.45, 7) is 0.842. The summed E-state index contributed by atoms with van der Waals surface area (Å²) in [6, 6.07) is 20.6. The topological polar surface area (TPSA) is 166 Å². The highest BCUT2D eigenvalue weighted by Gasteiger charge is 2.35. The molecule has 2 atom stereocenters. The molecule has 0 fully saturated rings. The van der Waals surface area contributed by atoms with Crippen LogP contribution in [0.1, 0.15) is 74.3 Å². The summed E-state index contributed by atoms with van der Waals surface area (Å²) in [4.78, 5) is 51.4. The number of unbranched alkanes of at least 4 members (excludes halogenated alkanes) is 2. The van der Waals surface area contributed by atoms with E-state index in [1.807, 2.05) is 42.9 Å².